The Bertz CT molecular complexity index is 733. The number of carbonyl (C=O) groups is 1. The first-order chi connectivity index (χ1) is 11.7. The summed E-state index contributed by atoms with van der Waals surface area (Å²) in [5, 5.41) is 6.96. The topological polar surface area (TPSA) is 53.9 Å². The fourth-order valence-corrected chi connectivity index (χ4v) is 4.13. The van der Waals surface area contributed by atoms with Crippen molar-refractivity contribution in [2.75, 3.05) is 27.2 Å². The van der Waals surface area contributed by atoms with Gasteiger partial charge in [-0.25, -0.2) is 0 Å². The minimum atomic E-state index is -0.0951. The van der Waals surface area contributed by atoms with E-state index >= 15 is 0 Å². The molecule has 0 saturated carbocycles. The zero-order valence-electron chi connectivity index (χ0n) is 14.1. The fraction of sp³-hybridized carbons (Fsp3) is 0.444. The first kappa shape index (κ1) is 16.8. The third-order valence-corrected chi connectivity index (χ3v) is 5.55. The number of fused-ring (bicyclic) bond motifs is 1. The first-order valence-corrected chi connectivity index (χ1v) is 9.09. The van der Waals surface area contributed by atoms with Gasteiger partial charge < -0.3 is 15.0 Å². The minimum Gasteiger partial charge on any atom is -0.469 e. The predicted octanol–water partition coefficient (Wildman–Crippen LogP) is 2.86. The van der Waals surface area contributed by atoms with E-state index in [1.165, 1.54) is 22.8 Å². The van der Waals surface area contributed by atoms with Crippen LogP contribution in [0.4, 0.5) is 0 Å². The van der Waals surface area contributed by atoms with Crippen molar-refractivity contribution >= 4 is 33.4 Å². The number of benzene rings is 1. The average Bonchev–Trinajstić information content (AvgIpc) is 3.05. The summed E-state index contributed by atoms with van der Waals surface area (Å²) in [6, 6.07) is 8.45. The molecule has 1 N–H and O–H groups in total. The third kappa shape index (κ3) is 3.53. The van der Waals surface area contributed by atoms with Gasteiger partial charge in [0.25, 0.3) is 0 Å². The van der Waals surface area contributed by atoms with Crippen LogP contribution in [0.5, 0.6) is 0 Å². The fourth-order valence-electron chi connectivity index (χ4n) is 3.17. The SMILES string of the molecule is CN=C(NCc1csc2ccccc12)N1CCC(C(=O)OC)CC1. The van der Waals surface area contributed by atoms with E-state index in [-0.39, 0.29) is 11.9 Å². The van der Waals surface area contributed by atoms with Gasteiger partial charge in [-0.05, 0) is 35.2 Å². The van der Waals surface area contributed by atoms with Gasteiger partial charge in [0, 0.05) is 31.4 Å². The standard InChI is InChI=1S/C18H23N3O2S/c1-19-18(21-9-7-13(8-10-21)17(22)23-2)20-11-14-12-24-16-6-4-3-5-15(14)16/h3-6,12-13H,7-11H2,1-2H3,(H,19,20). The number of piperidine rings is 1. The van der Waals surface area contributed by atoms with E-state index in [9.17, 15) is 4.79 Å². The number of nitrogens with one attached hydrogen (secondary N) is 1. The highest BCUT2D eigenvalue weighted by Crippen LogP contribution is 2.25. The van der Waals surface area contributed by atoms with Crippen molar-refractivity contribution in [1.29, 1.82) is 0 Å². The van der Waals surface area contributed by atoms with Crippen LogP contribution in [0.25, 0.3) is 10.1 Å². The van der Waals surface area contributed by atoms with Crippen molar-refractivity contribution in [3.8, 4) is 0 Å². The largest absolute Gasteiger partial charge is 0.469 e. The lowest BCUT2D eigenvalue weighted by Crippen LogP contribution is -2.46. The number of hydrogen-bond acceptors (Lipinski definition) is 4. The van der Waals surface area contributed by atoms with Crippen LogP contribution in [-0.2, 0) is 16.1 Å². The average molecular weight is 345 g/mol. The Morgan fingerprint density at radius 1 is 1.38 bits per heavy atom. The maximum absolute atomic E-state index is 11.6. The van der Waals surface area contributed by atoms with Crippen LogP contribution in [0.15, 0.2) is 34.6 Å². The quantitative estimate of drug-likeness (QED) is 0.528. The molecule has 2 aromatic rings. The number of methoxy groups -OCH3 is 1. The highest BCUT2D eigenvalue weighted by atomic mass is 32.1. The maximum Gasteiger partial charge on any atom is 0.308 e. The van der Waals surface area contributed by atoms with Gasteiger partial charge in [0.2, 0.25) is 0 Å². The lowest BCUT2D eigenvalue weighted by Gasteiger charge is -2.33. The van der Waals surface area contributed by atoms with E-state index in [0.29, 0.717) is 0 Å². The van der Waals surface area contributed by atoms with E-state index in [0.717, 1.165) is 38.4 Å². The van der Waals surface area contributed by atoms with E-state index in [2.05, 4.69) is 44.9 Å². The second-order valence-electron chi connectivity index (χ2n) is 5.94. The van der Waals surface area contributed by atoms with Crippen LogP contribution in [0.1, 0.15) is 18.4 Å². The lowest BCUT2D eigenvalue weighted by molar-refractivity contribution is -0.146. The Morgan fingerprint density at radius 3 is 2.83 bits per heavy atom. The molecule has 128 valence electrons. The highest BCUT2D eigenvalue weighted by Gasteiger charge is 2.26. The number of guanidine groups is 1. The molecule has 0 amide bonds. The van der Waals surface area contributed by atoms with Crippen LogP contribution < -0.4 is 5.32 Å². The summed E-state index contributed by atoms with van der Waals surface area (Å²) in [7, 11) is 3.26. The summed E-state index contributed by atoms with van der Waals surface area (Å²) < 4.78 is 6.16. The predicted molar refractivity (Wildman–Crippen MR) is 98.3 cm³/mol. The van der Waals surface area contributed by atoms with Crippen molar-refractivity contribution in [3.05, 3.63) is 35.2 Å². The number of rotatable bonds is 3. The van der Waals surface area contributed by atoms with Crippen LogP contribution in [0.3, 0.4) is 0 Å². The van der Waals surface area contributed by atoms with Gasteiger partial charge in [-0.2, -0.15) is 0 Å². The molecule has 0 atom stereocenters. The van der Waals surface area contributed by atoms with Crippen LogP contribution in [0.2, 0.25) is 0 Å². The molecule has 6 heteroatoms. The summed E-state index contributed by atoms with van der Waals surface area (Å²) in [5.41, 5.74) is 1.29. The number of carbonyl (C=O) groups excluding carboxylic acids is 1. The van der Waals surface area contributed by atoms with Gasteiger partial charge in [0.05, 0.1) is 13.0 Å². The van der Waals surface area contributed by atoms with E-state index in [1.54, 1.807) is 18.4 Å². The van der Waals surface area contributed by atoms with Crippen molar-refractivity contribution in [2.24, 2.45) is 10.9 Å². The molecule has 0 aliphatic carbocycles. The monoisotopic (exact) mass is 345 g/mol. The number of hydrogen-bond donors (Lipinski definition) is 1. The molecule has 24 heavy (non-hydrogen) atoms. The lowest BCUT2D eigenvalue weighted by atomic mass is 9.97. The molecule has 0 bridgehead atoms. The number of nitrogens with zero attached hydrogens (tertiary/aromatic N) is 2. The number of esters is 1. The first-order valence-electron chi connectivity index (χ1n) is 8.21. The molecule has 0 spiro atoms. The molecule has 1 aromatic heterocycles. The van der Waals surface area contributed by atoms with Crippen molar-refractivity contribution in [3.63, 3.8) is 0 Å². The molecule has 0 radical (unpaired) electrons. The molecule has 5 nitrogen and oxygen atoms in total. The summed E-state index contributed by atoms with van der Waals surface area (Å²) in [6.45, 7) is 2.40. The molecular formula is C18H23N3O2S. The Hall–Kier alpha value is -2.08. The Balaban J connectivity index is 1.59. The molecule has 1 aliphatic rings. The van der Waals surface area contributed by atoms with Gasteiger partial charge >= 0.3 is 5.97 Å². The molecule has 3 rings (SSSR count). The zero-order chi connectivity index (χ0) is 16.9. The number of likely N-dealkylation sites (tertiary alicyclic amines) is 1. The molecule has 1 aliphatic heterocycles. The van der Waals surface area contributed by atoms with Gasteiger partial charge in [-0.15, -0.1) is 11.3 Å². The van der Waals surface area contributed by atoms with E-state index in [1.807, 2.05) is 0 Å². The van der Waals surface area contributed by atoms with E-state index < -0.39 is 0 Å². The summed E-state index contributed by atoms with van der Waals surface area (Å²) in [5.74, 6) is 0.820. The normalized spacial score (nSPS) is 16.4. The molecule has 1 aromatic carbocycles. The Morgan fingerprint density at radius 2 is 2.12 bits per heavy atom. The second-order valence-corrected chi connectivity index (χ2v) is 6.85. The van der Waals surface area contributed by atoms with Gasteiger partial charge in [-0.3, -0.25) is 9.79 Å². The Labute approximate surface area is 146 Å². The smallest absolute Gasteiger partial charge is 0.308 e. The third-order valence-electron chi connectivity index (χ3n) is 4.54. The van der Waals surface area contributed by atoms with Crippen LogP contribution in [-0.4, -0.2) is 44.1 Å². The number of aliphatic imine (C=N–C) groups is 1. The number of ether oxygens (including phenoxy) is 1. The molecule has 1 saturated heterocycles. The molecule has 2 heterocycles. The van der Waals surface area contributed by atoms with Gasteiger partial charge in [-0.1, -0.05) is 18.2 Å². The highest BCUT2D eigenvalue weighted by molar-refractivity contribution is 7.17. The van der Waals surface area contributed by atoms with Gasteiger partial charge in [0.15, 0.2) is 5.96 Å². The van der Waals surface area contributed by atoms with Crippen molar-refractivity contribution < 1.29 is 9.53 Å². The van der Waals surface area contributed by atoms with Gasteiger partial charge in [0.1, 0.15) is 0 Å². The maximum atomic E-state index is 11.6. The van der Waals surface area contributed by atoms with Crippen LogP contribution in [0, 0.1) is 5.92 Å². The molecular weight excluding hydrogens is 322 g/mol. The second kappa shape index (κ2) is 7.66. The van der Waals surface area contributed by atoms with Crippen LogP contribution >= 0.6 is 11.3 Å². The summed E-state index contributed by atoms with van der Waals surface area (Å²) >= 11 is 1.77. The number of thiophene rings is 1. The summed E-state index contributed by atoms with van der Waals surface area (Å²) in [6.07, 6.45) is 1.63. The molecule has 0 unspecified atom stereocenters. The minimum absolute atomic E-state index is 0.0187. The summed E-state index contributed by atoms with van der Waals surface area (Å²) in [4.78, 5) is 18.2. The Kier molecular flexibility index (Phi) is 5.35. The molecule has 1 fully saturated rings. The van der Waals surface area contributed by atoms with Crippen molar-refractivity contribution in [2.45, 2.75) is 19.4 Å². The van der Waals surface area contributed by atoms with Crippen molar-refractivity contribution in [1.82, 2.24) is 10.2 Å². The zero-order valence-corrected chi connectivity index (χ0v) is 14.9. The van der Waals surface area contributed by atoms with E-state index in [4.69, 9.17) is 4.74 Å².